The molecule has 2 rings (SSSR count). The zero-order chi connectivity index (χ0) is 17.3. The monoisotopic (exact) mass is 331 g/mol. The smallest absolute Gasteiger partial charge is 0.303 e. The van der Waals surface area contributed by atoms with Gasteiger partial charge in [-0.25, -0.2) is 0 Å². The molecule has 0 radical (unpaired) electrons. The van der Waals surface area contributed by atoms with E-state index in [4.69, 9.17) is 14.2 Å². The molecule has 0 saturated carbocycles. The second-order valence-corrected chi connectivity index (χ2v) is 5.80. The van der Waals surface area contributed by atoms with E-state index in [1.165, 1.54) is 20.8 Å². The van der Waals surface area contributed by atoms with Crippen LogP contribution in [0, 0.1) is 0 Å². The van der Waals surface area contributed by atoms with Gasteiger partial charge in [-0.3, -0.25) is 19.3 Å². The number of carbonyl (C=O) groups is 3. The summed E-state index contributed by atoms with van der Waals surface area (Å²) in [5.74, 6) is -1.84. The van der Waals surface area contributed by atoms with E-state index in [9.17, 15) is 24.6 Å². The molecule has 0 bridgehead atoms. The zero-order valence-corrected chi connectivity index (χ0v) is 13.2. The predicted octanol–water partition coefficient (Wildman–Crippen LogP) is -1.80. The fourth-order valence-corrected chi connectivity index (χ4v) is 3.23. The van der Waals surface area contributed by atoms with Crippen molar-refractivity contribution < 1.29 is 38.8 Å². The minimum absolute atomic E-state index is 0.133. The summed E-state index contributed by atoms with van der Waals surface area (Å²) < 4.78 is 15.6. The van der Waals surface area contributed by atoms with Crippen molar-refractivity contribution in [2.75, 3.05) is 13.1 Å². The minimum Gasteiger partial charge on any atom is -0.457 e. The molecule has 0 aromatic rings. The highest BCUT2D eigenvalue weighted by molar-refractivity contribution is 5.68. The van der Waals surface area contributed by atoms with Crippen LogP contribution >= 0.6 is 0 Å². The van der Waals surface area contributed by atoms with E-state index in [0.717, 1.165) is 0 Å². The summed E-state index contributed by atoms with van der Waals surface area (Å²) in [7, 11) is 0. The van der Waals surface area contributed by atoms with Gasteiger partial charge in [0, 0.05) is 33.9 Å². The summed E-state index contributed by atoms with van der Waals surface area (Å²) in [5, 5.41) is 20.0. The maximum absolute atomic E-state index is 11.4. The van der Waals surface area contributed by atoms with Crippen molar-refractivity contribution in [3.63, 3.8) is 0 Å². The van der Waals surface area contributed by atoms with E-state index in [0.29, 0.717) is 0 Å². The highest BCUT2D eigenvalue weighted by atomic mass is 16.6. The van der Waals surface area contributed by atoms with Gasteiger partial charge in [0.25, 0.3) is 0 Å². The first-order chi connectivity index (χ1) is 10.7. The minimum atomic E-state index is -1.17. The predicted molar refractivity (Wildman–Crippen MR) is 74.0 cm³/mol. The van der Waals surface area contributed by atoms with Crippen molar-refractivity contribution in [1.82, 2.24) is 4.90 Å². The average molecular weight is 331 g/mol. The lowest BCUT2D eigenvalue weighted by Gasteiger charge is -2.44. The summed E-state index contributed by atoms with van der Waals surface area (Å²) in [6, 6.07) is -0.745. The van der Waals surface area contributed by atoms with Crippen molar-refractivity contribution in [3.05, 3.63) is 0 Å². The van der Waals surface area contributed by atoms with Crippen molar-refractivity contribution in [1.29, 1.82) is 0 Å². The Morgan fingerprint density at radius 3 is 1.91 bits per heavy atom. The van der Waals surface area contributed by atoms with Gasteiger partial charge in [0.2, 0.25) is 0 Å². The molecule has 2 heterocycles. The quantitative estimate of drug-likeness (QED) is 0.455. The molecule has 2 aliphatic heterocycles. The number of piperidine rings is 1. The number of rotatable bonds is 3. The van der Waals surface area contributed by atoms with Crippen molar-refractivity contribution in [2.45, 2.75) is 57.3 Å². The first-order valence-electron chi connectivity index (χ1n) is 7.32. The number of nitrogens with zero attached hydrogens (tertiary/aromatic N) is 1. The standard InChI is InChI=1S/C14H21NO8/c1-6(16)21-10-5-15-4-9(19)12(20)11(15)14(23-8(3)18)13(10)22-7(2)17/h9-14,19-20H,4-5H2,1-3H3/t9-,10-,11-,12-,13+,14+/m1/s1. The Hall–Kier alpha value is -1.71. The van der Waals surface area contributed by atoms with Gasteiger partial charge in [-0.15, -0.1) is 0 Å². The molecule has 23 heavy (non-hydrogen) atoms. The molecule has 9 nitrogen and oxygen atoms in total. The summed E-state index contributed by atoms with van der Waals surface area (Å²) in [5.41, 5.74) is 0. The number of ether oxygens (including phenoxy) is 3. The number of aliphatic hydroxyl groups is 2. The molecular weight excluding hydrogens is 310 g/mol. The number of aliphatic hydroxyl groups excluding tert-OH is 2. The van der Waals surface area contributed by atoms with Crippen molar-refractivity contribution in [2.24, 2.45) is 0 Å². The summed E-state index contributed by atoms with van der Waals surface area (Å²) in [6.45, 7) is 3.86. The van der Waals surface area contributed by atoms with Crippen LogP contribution in [0.25, 0.3) is 0 Å². The van der Waals surface area contributed by atoms with Crippen LogP contribution in [-0.4, -0.2) is 82.7 Å². The van der Waals surface area contributed by atoms with E-state index in [-0.39, 0.29) is 13.1 Å². The lowest BCUT2D eigenvalue weighted by molar-refractivity contribution is -0.205. The molecule has 0 unspecified atom stereocenters. The molecule has 2 N–H and O–H groups in total. The highest BCUT2D eigenvalue weighted by Gasteiger charge is 2.56. The van der Waals surface area contributed by atoms with Gasteiger partial charge in [-0.1, -0.05) is 0 Å². The maximum atomic E-state index is 11.4. The molecule has 130 valence electrons. The second kappa shape index (κ2) is 6.81. The number of fused-ring (bicyclic) bond motifs is 1. The Morgan fingerprint density at radius 2 is 1.39 bits per heavy atom. The first-order valence-corrected chi connectivity index (χ1v) is 7.32. The van der Waals surface area contributed by atoms with Crippen LogP contribution in [0.1, 0.15) is 20.8 Å². The summed E-state index contributed by atoms with van der Waals surface area (Å²) in [6.07, 6.45) is -5.18. The van der Waals surface area contributed by atoms with Crippen LogP contribution in [0.2, 0.25) is 0 Å². The van der Waals surface area contributed by atoms with Crippen LogP contribution < -0.4 is 0 Å². The van der Waals surface area contributed by atoms with Crippen LogP contribution in [-0.2, 0) is 28.6 Å². The third-order valence-corrected chi connectivity index (χ3v) is 3.95. The van der Waals surface area contributed by atoms with Crippen LogP contribution in [0.15, 0.2) is 0 Å². The fraction of sp³-hybridized carbons (Fsp3) is 0.786. The fourth-order valence-electron chi connectivity index (χ4n) is 3.23. The van der Waals surface area contributed by atoms with Crippen LogP contribution in [0.3, 0.4) is 0 Å². The Kier molecular flexibility index (Phi) is 5.23. The molecule has 0 aromatic heterocycles. The topological polar surface area (TPSA) is 123 Å². The zero-order valence-electron chi connectivity index (χ0n) is 13.2. The number of esters is 3. The Labute approximate surface area is 133 Å². The van der Waals surface area contributed by atoms with E-state index in [2.05, 4.69) is 0 Å². The lowest BCUT2D eigenvalue weighted by atomic mass is 9.92. The molecule has 0 spiro atoms. The Morgan fingerprint density at radius 1 is 0.870 bits per heavy atom. The van der Waals surface area contributed by atoms with E-state index < -0.39 is 54.5 Å². The van der Waals surface area contributed by atoms with Gasteiger partial charge in [-0.05, 0) is 0 Å². The Bertz CT molecular complexity index is 495. The van der Waals surface area contributed by atoms with Crippen molar-refractivity contribution >= 4 is 17.9 Å². The molecule has 6 atom stereocenters. The van der Waals surface area contributed by atoms with Crippen LogP contribution in [0.5, 0.6) is 0 Å². The van der Waals surface area contributed by atoms with Gasteiger partial charge in [-0.2, -0.15) is 0 Å². The summed E-state index contributed by atoms with van der Waals surface area (Å²) >= 11 is 0. The highest BCUT2D eigenvalue weighted by Crippen LogP contribution is 2.33. The van der Waals surface area contributed by atoms with Gasteiger partial charge in [0.05, 0.1) is 12.1 Å². The van der Waals surface area contributed by atoms with Crippen molar-refractivity contribution in [3.8, 4) is 0 Å². The molecule has 0 aromatic carbocycles. The van der Waals surface area contributed by atoms with Crippen LogP contribution in [0.4, 0.5) is 0 Å². The second-order valence-electron chi connectivity index (χ2n) is 5.80. The molecule has 2 aliphatic rings. The SMILES string of the molecule is CC(=O)O[C@@H]1[C@@H](OC(C)=O)[C@H](OC(C)=O)CN2C[C@@H](O)[C@@H](O)[C@H]12. The molecule has 9 heteroatoms. The molecular formula is C14H21NO8. The molecule has 0 amide bonds. The van der Waals surface area contributed by atoms with Gasteiger partial charge in [0.1, 0.15) is 6.10 Å². The number of hydrogen-bond acceptors (Lipinski definition) is 9. The summed E-state index contributed by atoms with van der Waals surface area (Å²) in [4.78, 5) is 35.8. The third-order valence-electron chi connectivity index (χ3n) is 3.95. The van der Waals surface area contributed by atoms with E-state index >= 15 is 0 Å². The van der Waals surface area contributed by atoms with Gasteiger partial charge < -0.3 is 24.4 Å². The maximum Gasteiger partial charge on any atom is 0.303 e. The third kappa shape index (κ3) is 3.80. The Balaban J connectivity index is 2.34. The van der Waals surface area contributed by atoms with E-state index in [1.54, 1.807) is 4.90 Å². The number of carbonyl (C=O) groups excluding carboxylic acids is 3. The van der Waals surface area contributed by atoms with Gasteiger partial charge in [0.15, 0.2) is 18.3 Å². The molecule has 2 saturated heterocycles. The first kappa shape index (κ1) is 17.6. The lowest BCUT2D eigenvalue weighted by Crippen LogP contribution is -2.64. The normalized spacial score (nSPS) is 36.9. The van der Waals surface area contributed by atoms with Gasteiger partial charge >= 0.3 is 17.9 Å². The molecule has 0 aliphatic carbocycles. The molecule has 2 fully saturated rings. The average Bonchev–Trinajstić information content (AvgIpc) is 2.67. The number of hydrogen-bond donors (Lipinski definition) is 2. The van der Waals surface area contributed by atoms with E-state index in [1.807, 2.05) is 0 Å². The largest absolute Gasteiger partial charge is 0.457 e.